The van der Waals surface area contributed by atoms with E-state index >= 15 is 0 Å². The molecule has 0 N–H and O–H groups in total. The normalized spacial score (nSPS) is 32.2. The maximum absolute atomic E-state index is 2.75. The second-order valence-electron chi connectivity index (χ2n) is 6.48. The van der Waals surface area contributed by atoms with Crippen molar-refractivity contribution >= 4 is 0 Å². The first kappa shape index (κ1) is 12.5. The molecule has 18 heavy (non-hydrogen) atoms. The Hall–Kier alpha value is -0.540. The standard InChI is InChI=1S/C15H27N3/c1-12-10-13(2)18-9-8-17(11-15(12)18)14-4-6-16(3)7-5-14/h13-14H,4-11H2,1-3H3. The van der Waals surface area contributed by atoms with Gasteiger partial charge in [-0.3, -0.25) is 4.90 Å². The van der Waals surface area contributed by atoms with Crippen LogP contribution in [0.4, 0.5) is 0 Å². The van der Waals surface area contributed by atoms with Crippen LogP contribution in [0.25, 0.3) is 0 Å². The van der Waals surface area contributed by atoms with Crippen LogP contribution in [-0.2, 0) is 0 Å². The second-order valence-corrected chi connectivity index (χ2v) is 6.48. The number of hydrogen-bond donors (Lipinski definition) is 0. The van der Waals surface area contributed by atoms with E-state index in [1.54, 1.807) is 11.3 Å². The lowest BCUT2D eigenvalue weighted by Crippen LogP contribution is -2.52. The summed E-state index contributed by atoms with van der Waals surface area (Å²) in [5.74, 6) is 0. The Labute approximate surface area is 111 Å². The van der Waals surface area contributed by atoms with E-state index in [-0.39, 0.29) is 0 Å². The van der Waals surface area contributed by atoms with Crippen molar-refractivity contribution < 1.29 is 0 Å². The maximum atomic E-state index is 2.75. The van der Waals surface area contributed by atoms with Crippen LogP contribution < -0.4 is 0 Å². The van der Waals surface area contributed by atoms with Crippen molar-refractivity contribution in [1.29, 1.82) is 0 Å². The van der Waals surface area contributed by atoms with E-state index in [0.717, 1.165) is 12.1 Å². The highest BCUT2D eigenvalue weighted by molar-refractivity contribution is 5.23. The molecule has 1 unspecified atom stereocenters. The number of rotatable bonds is 1. The van der Waals surface area contributed by atoms with Gasteiger partial charge in [-0.1, -0.05) is 5.57 Å². The van der Waals surface area contributed by atoms with E-state index in [1.807, 2.05) is 0 Å². The Morgan fingerprint density at radius 2 is 1.78 bits per heavy atom. The predicted octanol–water partition coefficient (Wildman–Crippen LogP) is 1.76. The molecule has 3 rings (SSSR count). The average molecular weight is 249 g/mol. The molecular formula is C15H27N3. The molecule has 0 amide bonds. The lowest BCUT2D eigenvalue weighted by molar-refractivity contribution is 0.0838. The molecule has 3 aliphatic rings. The molecule has 3 heteroatoms. The van der Waals surface area contributed by atoms with Crippen LogP contribution in [0.2, 0.25) is 0 Å². The van der Waals surface area contributed by atoms with Crippen LogP contribution in [0.1, 0.15) is 33.1 Å². The summed E-state index contributed by atoms with van der Waals surface area (Å²) in [7, 11) is 2.25. The van der Waals surface area contributed by atoms with Crippen molar-refractivity contribution in [2.45, 2.75) is 45.2 Å². The smallest absolute Gasteiger partial charge is 0.0387 e. The fraction of sp³-hybridized carbons (Fsp3) is 0.867. The maximum Gasteiger partial charge on any atom is 0.0387 e. The van der Waals surface area contributed by atoms with Gasteiger partial charge in [-0.15, -0.1) is 0 Å². The molecule has 3 aliphatic heterocycles. The highest BCUT2D eigenvalue weighted by Gasteiger charge is 2.34. The van der Waals surface area contributed by atoms with E-state index in [9.17, 15) is 0 Å². The van der Waals surface area contributed by atoms with Gasteiger partial charge < -0.3 is 9.80 Å². The molecule has 0 bridgehead atoms. The molecule has 2 fully saturated rings. The molecule has 0 aliphatic carbocycles. The van der Waals surface area contributed by atoms with Gasteiger partial charge in [0.1, 0.15) is 0 Å². The number of likely N-dealkylation sites (tertiary alicyclic amines) is 1. The SMILES string of the molecule is CC1=C2CN(C3CCN(C)CC3)CCN2C(C)C1. The summed E-state index contributed by atoms with van der Waals surface area (Å²) >= 11 is 0. The second kappa shape index (κ2) is 4.86. The zero-order valence-electron chi connectivity index (χ0n) is 12.2. The Morgan fingerprint density at radius 3 is 2.50 bits per heavy atom. The van der Waals surface area contributed by atoms with Gasteiger partial charge in [-0.05, 0) is 53.2 Å². The summed E-state index contributed by atoms with van der Waals surface area (Å²) in [5.41, 5.74) is 3.29. The molecule has 0 aromatic rings. The van der Waals surface area contributed by atoms with Gasteiger partial charge in [0.2, 0.25) is 0 Å². The monoisotopic (exact) mass is 249 g/mol. The summed E-state index contributed by atoms with van der Waals surface area (Å²) in [6.45, 7) is 11.0. The van der Waals surface area contributed by atoms with Gasteiger partial charge in [-0.2, -0.15) is 0 Å². The molecule has 1 atom stereocenters. The fourth-order valence-corrected chi connectivity index (χ4v) is 3.94. The number of nitrogens with zero attached hydrogens (tertiary/aromatic N) is 3. The predicted molar refractivity (Wildman–Crippen MR) is 75.6 cm³/mol. The van der Waals surface area contributed by atoms with Crippen LogP contribution in [0.5, 0.6) is 0 Å². The van der Waals surface area contributed by atoms with E-state index in [1.165, 1.54) is 52.0 Å². The quantitative estimate of drug-likeness (QED) is 0.701. The molecule has 3 nitrogen and oxygen atoms in total. The van der Waals surface area contributed by atoms with Gasteiger partial charge in [0.25, 0.3) is 0 Å². The van der Waals surface area contributed by atoms with Crippen molar-refractivity contribution in [3.63, 3.8) is 0 Å². The van der Waals surface area contributed by atoms with Crippen molar-refractivity contribution in [3.8, 4) is 0 Å². The van der Waals surface area contributed by atoms with E-state index in [4.69, 9.17) is 0 Å². The third-order valence-corrected chi connectivity index (χ3v) is 5.16. The number of hydrogen-bond acceptors (Lipinski definition) is 3. The molecule has 0 radical (unpaired) electrons. The van der Waals surface area contributed by atoms with E-state index in [0.29, 0.717) is 0 Å². The Kier molecular flexibility index (Phi) is 3.37. The third kappa shape index (κ3) is 2.19. The van der Waals surface area contributed by atoms with Crippen LogP contribution in [0, 0.1) is 0 Å². The van der Waals surface area contributed by atoms with E-state index in [2.05, 4.69) is 35.6 Å². The highest BCUT2D eigenvalue weighted by Crippen LogP contribution is 2.32. The lowest BCUT2D eigenvalue weighted by atomic mass is 10.0. The van der Waals surface area contributed by atoms with Gasteiger partial charge in [-0.25, -0.2) is 0 Å². The number of piperazine rings is 1. The first-order chi connectivity index (χ1) is 8.65. The molecule has 102 valence electrons. The number of piperidine rings is 1. The summed E-state index contributed by atoms with van der Waals surface area (Å²) in [4.78, 5) is 7.87. The van der Waals surface area contributed by atoms with Crippen molar-refractivity contribution in [2.24, 2.45) is 0 Å². The lowest BCUT2D eigenvalue weighted by Gasteiger charge is -2.44. The minimum atomic E-state index is 0.750. The highest BCUT2D eigenvalue weighted by atomic mass is 15.3. The first-order valence-corrected chi connectivity index (χ1v) is 7.53. The van der Waals surface area contributed by atoms with Gasteiger partial charge in [0.05, 0.1) is 0 Å². The summed E-state index contributed by atoms with van der Waals surface area (Å²) < 4.78 is 0. The minimum absolute atomic E-state index is 0.750. The third-order valence-electron chi connectivity index (χ3n) is 5.16. The van der Waals surface area contributed by atoms with Crippen molar-refractivity contribution in [2.75, 3.05) is 39.8 Å². The zero-order valence-corrected chi connectivity index (χ0v) is 12.2. The Balaban J connectivity index is 1.65. The van der Waals surface area contributed by atoms with Crippen molar-refractivity contribution in [3.05, 3.63) is 11.3 Å². The topological polar surface area (TPSA) is 9.72 Å². The average Bonchev–Trinajstić information content (AvgIpc) is 2.66. The molecule has 3 heterocycles. The van der Waals surface area contributed by atoms with Gasteiger partial charge in [0, 0.05) is 37.4 Å². The van der Waals surface area contributed by atoms with Crippen LogP contribution in [0.3, 0.4) is 0 Å². The first-order valence-electron chi connectivity index (χ1n) is 7.53. The summed E-state index contributed by atoms with van der Waals surface area (Å²) in [6, 6.07) is 1.58. The van der Waals surface area contributed by atoms with Crippen LogP contribution in [-0.4, -0.2) is 66.6 Å². The van der Waals surface area contributed by atoms with Gasteiger partial charge >= 0.3 is 0 Å². The largest absolute Gasteiger partial charge is 0.369 e. The van der Waals surface area contributed by atoms with Crippen molar-refractivity contribution in [1.82, 2.24) is 14.7 Å². The minimum Gasteiger partial charge on any atom is -0.369 e. The van der Waals surface area contributed by atoms with E-state index < -0.39 is 0 Å². The fourth-order valence-electron chi connectivity index (χ4n) is 3.94. The molecule has 0 spiro atoms. The zero-order chi connectivity index (χ0) is 12.7. The number of fused-ring (bicyclic) bond motifs is 1. The Morgan fingerprint density at radius 1 is 1.06 bits per heavy atom. The molecule has 0 aromatic carbocycles. The van der Waals surface area contributed by atoms with Gasteiger partial charge in [0.15, 0.2) is 0 Å². The van der Waals surface area contributed by atoms with Crippen LogP contribution >= 0.6 is 0 Å². The summed E-state index contributed by atoms with van der Waals surface area (Å²) in [6.07, 6.45) is 4.01. The van der Waals surface area contributed by atoms with Crippen LogP contribution in [0.15, 0.2) is 11.3 Å². The summed E-state index contributed by atoms with van der Waals surface area (Å²) in [5, 5.41) is 0. The molecule has 0 saturated carbocycles. The molecular weight excluding hydrogens is 222 g/mol. The Bertz CT molecular complexity index is 342. The molecule has 2 saturated heterocycles. The molecule has 0 aromatic heterocycles.